The highest BCUT2D eigenvalue weighted by Gasteiger charge is 2.80. The average molecular weight is 359 g/mol. The van der Waals surface area contributed by atoms with E-state index in [-0.39, 0.29) is 16.9 Å². The van der Waals surface area contributed by atoms with Crippen molar-refractivity contribution < 1.29 is 15.3 Å². The largest absolute Gasteiger partial charge is 0.393 e. The maximum Gasteiger partial charge on any atom is 0.0912 e. The van der Waals surface area contributed by atoms with Crippen LogP contribution >= 0.6 is 0 Å². The molecule has 3 nitrogen and oxygen atoms in total. The third kappa shape index (κ3) is 1.50. The standard InChI is InChI=1S/C23H34O3/c1-4-22(25)17-10-14(17)19-18-13-9-16(13)23(26)11-12(24)5-7-20(23,2)15(18)6-8-21(19,22)3/h4,12-19,24-26H,1,5-11H2,2-3H3/t12-,13-,14+,15-,16+,17-,18+,19-,20+,21-,22-,23+/m0/s1. The first-order chi connectivity index (χ1) is 12.2. The fraction of sp³-hybridized carbons (Fsp3) is 0.913. The monoisotopic (exact) mass is 358 g/mol. The van der Waals surface area contributed by atoms with E-state index >= 15 is 0 Å². The van der Waals surface area contributed by atoms with Crippen LogP contribution in [-0.4, -0.2) is 32.6 Å². The van der Waals surface area contributed by atoms with Gasteiger partial charge in [0.25, 0.3) is 0 Å². The zero-order valence-electron chi connectivity index (χ0n) is 16.2. The summed E-state index contributed by atoms with van der Waals surface area (Å²) in [6.45, 7) is 8.72. The van der Waals surface area contributed by atoms with Gasteiger partial charge < -0.3 is 15.3 Å². The van der Waals surface area contributed by atoms with Gasteiger partial charge in [0.2, 0.25) is 0 Å². The molecular formula is C23H34O3. The van der Waals surface area contributed by atoms with Crippen molar-refractivity contribution in [2.24, 2.45) is 52.3 Å². The second-order valence-electron chi connectivity index (χ2n) is 11.4. The van der Waals surface area contributed by atoms with Gasteiger partial charge >= 0.3 is 0 Å². The Kier molecular flexibility index (Phi) is 2.83. The minimum atomic E-state index is -0.685. The van der Waals surface area contributed by atoms with Crippen LogP contribution < -0.4 is 0 Å². The molecule has 6 aliphatic carbocycles. The molecule has 0 aromatic heterocycles. The SMILES string of the molecule is C=C[C@]1(O)[C@H]2C[C@H]2[C@H]2[C@@H]3[C@H]4C[C@H]4[C@]4(O)C[C@@H](O)CC[C@]4(C)[C@H]3CC[C@@]21C. The molecule has 3 heteroatoms. The predicted octanol–water partition coefficient (Wildman–Crippen LogP) is 3.13. The number of hydrogen-bond donors (Lipinski definition) is 3. The molecule has 0 aliphatic heterocycles. The summed E-state index contributed by atoms with van der Waals surface area (Å²) in [4.78, 5) is 0. The summed E-state index contributed by atoms with van der Waals surface area (Å²) in [6.07, 6.45) is 8.40. The molecule has 26 heavy (non-hydrogen) atoms. The Balaban J connectivity index is 1.44. The summed E-state index contributed by atoms with van der Waals surface area (Å²) in [5.41, 5.74) is -1.44. The van der Waals surface area contributed by atoms with Crippen LogP contribution in [0.5, 0.6) is 0 Å². The lowest BCUT2D eigenvalue weighted by Gasteiger charge is -2.64. The second kappa shape index (κ2) is 4.44. The zero-order valence-corrected chi connectivity index (χ0v) is 16.2. The molecule has 6 saturated carbocycles. The van der Waals surface area contributed by atoms with E-state index in [1.165, 1.54) is 6.42 Å². The summed E-state index contributed by atoms with van der Waals surface area (Å²) in [6, 6.07) is 0. The molecule has 0 heterocycles. The first kappa shape index (κ1) is 16.6. The van der Waals surface area contributed by atoms with Gasteiger partial charge in [0.15, 0.2) is 0 Å². The highest BCUT2D eigenvalue weighted by Crippen LogP contribution is 2.81. The van der Waals surface area contributed by atoms with Gasteiger partial charge in [-0.25, -0.2) is 0 Å². The summed E-state index contributed by atoms with van der Waals surface area (Å²) < 4.78 is 0. The Labute approximate surface area is 156 Å². The molecule has 0 radical (unpaired) electrons. The van der Waals surface area contributed by atoms with E-state index < -0.39 is 11.2 Å². The molecule has 12 atom stereocenters. The molecular weight excluding hydrogens is 324 g/mol. The van der Waals surface area contributed by atoms with Gasteiger partial charge in [0, 0.05) is 11.8 Å². The number of rotatable bonds is 1. The van der Waals surface area contributed by atoms with Gasteiger partial charge in [0.05, 0.1) is 17.3 Å². The summed E-state index contributed by atoms with van der Waals surface area (Å²) in [5.74, 6) is 3.88. The number of hydrogen-bond acceptors (Lipinski definition) is 3. The summed E-state index contributed by atoms with van der Waals surface area (Å²) >= 11 is 0. The van der Waals surface area contributed by atoms with E-state index in [1.54, 1.807) is 0 Å². The van der Waals surface area contributed by atoms with Gasteiger partial charge in [0.1, 0.15) is 0 Å². The molecule has 3 N–H and O–H groups in total. The van der Waals surface area contributed by atoms with Gasteiger partial charge in [-0.05, 0) is 85.4 Å². The molecule has 0 aromatic rings. The van der Waals surface area contributed by atoms with Crippen LogP contribution in [0.25, 0.3) is 0 Å². The van der Waals surface area contributed by atoms with Crippen molar-refractivity contribution in [2.45, 2.75) is 76.1 Å². The lowest BCUT2D eigenvalue weighted by Crippen LogP contribution is -2.65. The number of aliphatic hydroxyl groups excluding tert-OH is 1. The third-order valence-corrected chi connectivity index (χ3v) is 11.0. The third-order valence-electron chi connectivity index (χ3n) is 11.0. The van der Waals surface area contributed by atoms with Crippen LogP contribution in [0, 0.1) is 52.3 Å². The molecule has 0 saturated heterocycles. The van der Waals surface area contributed by atoms with Crippen molar-refractivity contribution in [3.8, 4) is 0 Å². The number of aliphatic hydroxyl groups is 3. The van der Waals surface area contributed by atoms with E-state index in [0.717, 1.165) is 32.1 Å². The quantitative estimate of drug-likeness (QED) is 0.631. The second-order valence-corrected chi connectivity index (χ2v) is 11.4. The Bertz CT molecular complexity index is 691. The first-order valence-electron chi connectivity index (χ1n) is 11.0. The lowest BCUT2D eigenvalue weighted by atomic mass is 9.42. The average Bonchev–Trinajstić information content (AvgIpc) is 3.49. The van der Waals surface area contributed by atoms with Crippen molar-refractivity contribution in [1.29, 1.82) is 0 Å². The van der Waals surface area contributed by atoms with Crippen molar-refractivity contribution in [1.82, 2.24) is 0 Å². The Morgan fingerprint density at radius 1 is 0.923 bits per heavy atom. The fourth-order valence-electron chi connectivity index (χ4n) is 9.60. The zero-order chi connectivity index (χ0) is 18.3. The topological polar surface area (TPSA) is 60.7 Å². The van der Waals surface area contributed by atoms with Gasteiger partial charge in [-0.2, -0.15) is 0 Å². The van der Waals surface area contributed by atoms with Gasteiger partial charge in [-0.1, -0.05) is 19.9 Å². The predicted molar refractivity (Wildman–Crippen MR) is 99.1 cm³/mol. The Morgan fingerprint density at radius 3 is 2.35 bits per heavy atom. The fourth-order valence-corrected chi connectivity index (χ4v) is 9.60. The molecule has 6 rings (SSSR count). The van der Waals surface area contributed by atoms with Crippen molar-refractivity contribution in [3.63, 3.8) is 0 Å². The molecule has 0 unspecified atom stereocenters. The molecule has 0 aromatic carbocycles. The van der Waals surface area contributed by atoms with E-state index in [9.17, 15) is 15.3 Å². The highest BCUT2D eigenvalue weighted by molar-refractivity contribution is 5.32. The van der Waals surface area contributed by atoms with Gasteiger partial charge in [-0.15, -0.1) is 6.58 Å². The smallest absolute Gasteiger partial charge is 0.0912 e. The van der Waals surface area contributed by atoms with Crippen LogP contribution in [0.2, 0.25) is 0 Å². The first-order valence-corrected chi connectivity index (χ1v) is 11.0. The Morgan fingerprint density at radius 2 is 1.62 bits per heavy atom. The van der Waals surface area contributed by atoms with Crippen LogP contribution in [0.15, 0.2) is 12.7 Å². The van der Waals surface area contributed by atoms with Crippen molar-refractivity contribution in [2.75, 3.05) is 0 Å². The molecule has 0 bridgehead atoms. The van der Waals surface area contributed by atoms with Crippen LogP contribution in [0.1, 0.15) is 58.8 Å². The minimum absolute atomic E-state index is 0.0311. The lowest BCUT2D eigenvalue weighted by molar-refractivity contribution is -0.233. The molecule has 6 aliphatic rings. The normalized spacial score (nSPS) is 70.2. The summed E-state index contributed by atoms with van der Waals surface area (Å²) in [5, 5.41) is 33.6. The Hall–Kier alpha value is -0.380. The van der Waals surface area contributed by atoms with Crippen molar-refractivity contribution >= 4 is 0 Å². The highest BCUT2D eigenvalue weighted by atomic mass is 16.3. The summed E-state index contributed by atoms with van der Waals surface area (Å²) in [7, 11) is 0. The van der Waals surface area contributed by atoms with E-state index in [0.29, 0.717) is 47.8 Å². The van der Waals surface area contributed by atoms with Crippen LogP contribution in [0.3, 0.4) is 0 Å². The van der Waals surface area contributed by atoms with Crippen LogP contribution in [-0.2, 0) is 0 Å². The van der Waals surface area contributed by atoms with E-state index in [2.05, 4.69) is 20.4 Å². The maximum absolute atomic E-state index is 11.8. The van der Waals surface area contributed by atoms with Crippen LogP contribution in [0.4, 0.5) is 0 Å². The van der Waals surface area contributed by atoms with E-state index in [1.807, 2.05) is 6.08 Å². The maximum atomic E-state index is 11.8. The molecule has 0 amide bonds. The van der Waals surface area contributed by atoms with Crippen molar-refractivity contribution in [3.05, 3.63) is 12.7 Å². The van der Waals surface area contributed by atoms with Gasteiger partial charge in [-0.3, -0.25) is 0 Å². The minimum Gasteiger partial charge on any atom is -0.393 e. The van der Waals surface area contributed by atoms with E-state index in [4.69, 9.17) is 0 Å². The molecule has 144 valence electrons. The molecule has 6 fully saturated rings. The molecule has 0 spiro atoms. The number of fused-ring (bicyclic) bond motifs is 10.